The number of hydrogen-bond donors (Lipinski definition) is 1. The van der Waals surface area contributed by atoms with E-state index in [1.807, 2.05) is 12.4 Å². The second-order valence-corrected chi connectivity index (χ2v) is 6.42. The first-order chi connectivity index (χ1) is 8.77. The topological polar surface area (TPSA) is 41.1 Å². The summed E-state index contributed by atoms with van der Waals surface area (Å²) in [7, 11) is 0. The summed E-state index contributed by atoms with van der Waals surface area (Å²) in [5.74, 6) is 0.878. The monoisotopic (exact) mass is 310 g/mol. The first kappa shape index (κ1) is 12.4. The van der Waals surface area contributed by atoms with E-state index < -0.39 is 0 Å². The SMILES string of the molecule is Brc1cnc(N2CCCC3(CCCNC3)C2)nc1. The lowest BCUT2D eigenvalue weighted by Crippen LogP contribution is -2.51. The van der Waals surface area contributed by atoms with Crippen LogP contribution in [0.25, 0.3) is 0 Å². The number of piperidine rings is 2. The minimum Gasteiger partial charge on any atom is -0.340 e. The van der Waals surface area contributed by atoms with Crippen LogP contribution in [-0.2, 0) is 0 Å². The second kappa shape index (κ2) is 5.13. The van der Waals surface area contributed by atoms with Crippen LogP contribution >= 0.6 is 15.9 Å². The highest BCUT2D eigenvalue weighted by Gasteiger charge is 2.37. The van der Waals surface area contributed by atoms with Crippen molar-refractivity contribution < 1.29 is 0 Å². The van der Waals surface area contributed by atoms with Gasteiger partial charge in [-0.3, -0.25) is 0 Å². The van der Waals surface area contributed by atoms with E-state index in [1.165, 1.54) is 32.2 Å². The molecule has 1 spiro atoms. The summed E-state index contributed by atoms with van der Waals surface area (Å²) in [6.45, 7) is 4.52. The van der Waals surface area contributed by atoms with Crippen molar-refractivity contribution >= 4 is 21.9 Å². The first-order valence-corrected chi connectivity index (χ1v) is 7.50. The van der Waals surface area contributed by atoms with Gasteiger partial charge in [0.05, 0.1) is 4.47 Å². The van der Waals surface area contributed by atoms with Gasteiger partial charge in [-0.05, 0) is 48.2 Å². The molecule has 18 heavy (non-hydrogen) atoms. The molecule has 1 unspecified atom stereocenters. The third-order valence-corrected chi connectivity index (χ3v) is 4.52. The van der Waals surface area contributed by atoms with Gasteiger partial charge in [0.25, 0.3) is 0 Å². The number of aromatic nitrogens is 2. The van der Waals surface area contributed by atoms with Crippen LogP contribution in [0.15, 0.2) is 16.9 Å². The summed E-state index contributed by atoms with van der Waals surface area (Å²) < 4.78 is 0.942. The summed E-state index contributed by atoms with van der Waals surface area (Å²) in [5, 5.41) is 3.55. The number of hydrogen-bond acceptors (Lipinski definition) is 4. The summed E-state index contributed by atoms with van der Waals surface area (Å²) in [5.41, 5.74) is 0.451. The molecule has 0 saturated carbocycles. The molecule has 5 heteroatoms. The smallest absolute Gasteiger partial charge is 0.225 e. The van der Waals surface area contributed by atoms with Crippen molar-refractivity contribution in [3.63, 3.8) is 0 Å². The van der Waals surface area contributed by atoms with Crippen molar-refractivity contribution in [2.24, 2.45) is 5.41 Å². The quantitative estimate of drug-likeness (QED) is 0.863. The third-order valence-electron chi connectivity index (χ3n) is 4.11. The van der Waals surface area contributed by atoms with Crippen molar-refractivity contribution in [1.82, 2.24) is 15.3 Å². The maximum absolute atomic E-state index is 4.43. The zero-order valence-electron chi connectivity index (χ0n) is 10.5. The van der Waals surface area contributed by atoms with E-state index in [0.29, 0.717) is 5.41 Å². The number of nitrogens with zero attached hydrogens (tertiary/aromatic N) is 3. The van der Waals surface area contributed by atoms with Gasteiger partial charge >= 0.3 is 0 Å². The molecule has 2 saturated heterocycles. The Morgan fingerprint density at radius 2 is 2.00 bits per heavy atom. The summed E-state index contributed by atoms with van der Waals surface area (Å²) in [4.78, 5) is 11.2. The highest BCUT2D eigenvalue weighted by Crippen LogP contribution is 2.36. The van der Waals surface area contributed by atoms with E-state index in [1.54, 1.807) is 0 Å². The number of halogens is 1. The summed E-state index contributed by atoms with van der Waals surface area (Å²) in [6, 6.07) is 0. The van der Waals surface area contributed by atoms with Crippen LogP contribution < -0.4 is 10.2 Å². The van der Waals surface area contributed by atoms with Crippen molar-refractivity contribution in [3.05, 3.63) is 16.9 Å². The highest BCUT2D eigenvalue weighted by molar-refractivity contribution is 9.10. The van der Waals surface area contributed by atoms with Crippen LogP contribution in [0.4, 0.5) is 5.95 Å². The van der Waals surface area contributed by atoms with E-state index in [0.717, 1.165) is 30.1 Å². The predicted molar refractivity (Wildman–Crippen MR) is 75.7 cm³/mol. The number of anilines is 1. The molecule has 0 aliphatic carbocycles. The van der Waals surface area contributed by atoms with E-state index in [-0.39, 0.29) is 0 Å². The molecule has 0 aromatic carbocycles. The standard InChI is InChI=1S/C13H19BrN4/c14-11-7-16-12(17-8-11)18-6-2-4-13(10-18)3-1-5-15-9-13/h7-8,15H,1-6,9-10H2. The Hall–Kier alpha value is -0.680. The molecule has 0 bridgehead atoms. The van der Waals surface area contributed by atoms with E-state index >= 15 is 0 Å². The molecule has 3 heterocycles. The molecular weight excluding hydrogens is 292 g/mol. The maximum atomic E-state index is 4.43. The molecular formula is C13H19BrN4. The van der Waals surface area contributed by atoms with Crippen LogP contribution in [0.1, 0.15) is 25.7 Å². The molecule has 2 aliphatic rings. The number of rotatable bonds is 1. The van der Waals surface area contributed by atoms with Crippen LogP contribution in [0, 0.1) is 5.41 Å². The van der Waals surface area contributed by atoms with E-state index in [9.17, 15) is 0 Å². The lowest BCUT2D eigenvalue weighted by molar-refractivity contribution is 0.172. The minimum absolute atomic E-state index is 0.451. The third kappa shape index (κ3) is 2.52. The van der Waals surface area contributed by atoms with Gasteiger partial charge in [0.15, 0.2) is 0 Å². The Bertz CT molecular complexity index is 394. The summed E-state index contributed by atoms with van der Waals surface area (Å²) in [6.07, 6.45) is 8.90. The van der Waals surface area contributed by atoms with Gasteiger partial charge in [-0.25, -0.2) is 9.97 Å². The van der Waals surface area contributed by atoms with Gasteiger partial charge in [0.1, 0.15) is 0 Å². The zero-order valence-corrected chi connectivity index (χ0v) is 12.1. The molecule has 4 nitrogen and oxygen atoms in total. The fourth-order valence-electron chi connectivity index (χ4n) is 3.23. The highest BCUT2D eigenvalue weighted by atomic mass is 79.9. The van der Waals surface area contributed by atoms with Gasteiger partial charge in [0, 0.05) is 37.4 Å². The Labute approximate surface area is 116 Å². The molecule has 0 amide bonds. The van der Waals surface area contributed by atoms with Crippen molar-refractivity contribution in [3.8, 4) is 0 Å². The Balaban J connectivity index is 1.75. The van der Waals surface area contributed by atoms with Gasteiger partial charge < -0.3 is 10.2 Å². The largest absolute Gasteiger partial charge is 0.340 e. The lowest BCUT2D eigenvalue weighted by Gasteiger charge is -2.45. The van der Waals surface area contributed by atoms with E-state index in [2.05, 4.69) is 36.1 Å². The molecule has 98 valence electrons. The van der Waals surface area contributed by atoms with Crippen LogP contribution in [0.3, 0.4) is 0 Å². The normalized spacial score (nSPS) is 28.6. The molecule has 1 aromatic heterocycles. The van der Waals surface area contributed by atoms with Crippen LogP contribution in [0.5, 0.6) is 0 Å². The van der Waals surface area contributed by atoms with Gasteiger partial charge in [0.2, 0.25) is 5.95 Å². The van der Waals surface area contributed by atoms with E-state index in [4.69, 9.17) is 0 Å². The van der Waals surface area contributed by atoms with Gasteiger partial charge in [-0.1, -0.05) is 0 Å². The molecule has 3 rings (SSSR count). The van der Waals surface area contributed by atoms with Crippen LogP contribution in [0.2, 0.25) is 0 Å². The van der Waals surface area contributed by atoms with Gasteiger partial charge in [-0.2, -0.15) is 0 Å². The number of nitrogens with one attached hydrogen (secondary N) is 1. The predicted octanol–water partition coefficient (Wildman–Crippen LogP) is 2.21. The average Bonchev–Trinajstić information content (AvgIpc) is 2.40. The van der Waals surface area contributed by atoms with Crippen LogP contribution in [-0.4, -0.2) is 36.1 Å². The van der Waals surface area contributed by atoms with Crippen molar-refractivity contribution in [2.45, 2.75) is 25.7 Å². The zero-order chi connectivity index (χ0) is 12.4. The van der Waals surface area contributed by atoms with Gasteiger partial charge in [-0.15, -0.1) is 0 Å². The fourth-order valence-corrected chi connectivity index (χ4v) is 3.43. The molecule has 1 aromatic rings. The Morgan fingerprint density at radius 3 is 2.72 bits per heavy atom. The van der Waals surface area contributed by atoms with Crippen molar-refractivity contribution in [2.75, 3.05) is 31.1 Å². The molecule has 1 atom stereocenters. The van der Waals surface area contributed by atoms with Crippen molar-refractivity contribution in [1.29, 1.82) is 0 Å². The molecule has 1 N–H and O–H groups in total. The summed E-state index contributed by atoms with van der Waals surface area (Å²) >= 11 is 3.39. The first-order valence-electron chi connectivity index (χ1n) is 6.71. The Kier molecular flexibility index (Phi) is 3.52. The lowest BCUT2D eigenvalue weighted by atomic mass is 9.74. The molecule has 2 fully saturated rings. The Morgan fingerprint density at radius 1 is 1.22 bits per heavy atom. The fraction of sp³-hybridized carbons (Fsp3) is 0.692. The maximum Gasteiger partial charge on any atom is 0.225 e. The molecule has 2 aliphatic heterocycles. The minimum atomic E-state index is 0.451. The second-order valence-electron chi connectivity index (χ2n) is 5.51. The average molecular weight is 311 g/mol. The molecule has 0 radical (unpaired) electrons.